The monoisotopic (exact) mass is 354 g/mol. The summed E-state index contributed by atoms with van der Waals surface area (Å²) in [6.45, 7) is 1.58. The second-order valence-electron chi connectivity index (χ2n) is 4.85. The number of carbonyl (C=O) groups is 4. The van der Waals surface area contributed by atoms with E-state index in [0.717, 1.165) is 16.7 Å². The fraction of sp³-hybridized carbons (Fsp3) is 0.417. The van der Waals surface area contributed by atoms with Crippen LogP contribution in [-0.2, 0) is 16.0 Å². The summed E-state index contributed by atoms with van der Waals surface area (Å²) < 4.78 is 5.33. The number of urea groups is 2. The quantitative estimate of drug-likeness (QED) is 0.673. The number of primary amides is 1. The lowest BCUT2D eigenvalue weighted by Crippen LogP contribution is -2.44. The van der Waals surface area contributed by atoms with Crippen LogP contribution in [0.15, 0.2) is 14.6 Å². The number of carbonyl (C=O) groups excluding carboxylic acids is 4. The Morgan fingerprint density at radius 3 is 2.75 bits per heavy atom. The summed E-state index contributed by atoms with van der Waals surface area (Å²) in [4.78, 5) is 50.0. The van der Waals surface area contributed by atoms with Crippen LogP contribution in [0.5, 0.6) is 0 Å². The van der Waals surface area contributed by atoms with Gasteiger partial charge in [-0.15, -0.1) is 10.2 Å². The molecule has 2 heterocycles. The van der Waals surface area contributed by atoms with E-state index in [-0.39, 0.29) is 23.3 Å². The Bertz CT molecular complexity index is 729. The standard InChI is InChI=1S/C12H14N6O5S/c1-5-6(9(20)18(2)11(22)14-5)3-8-16-17-12(23-8)24-4-7(19)15-10(13)21/h6H,3-4H2,1-2H3,(H3,13,15,19,21). The second-order valence-corrected chi connectivity index (χ2v) is 5.78. The number of aromatic nitrogens is 2. The van der Waals surface area contributed by atoms with E-state index in [1.54, 1.807) is 6.92 Å². The Morgan fingerprint density at radius 2 is 2.08 bits per heavy atom. The van der Waals surface area contributed by atoms with Crippen LogP contribution in [0.4, 0.5) is 9.59 Å². The molecular formula is C12H14N6O5S. The zero-order valence-electron chi connectivity index (χ0n) is 12.8. The van der Waals surface area contributed by atoms with Gasteiger partial charge in [0.05, 0.1) is 11.7 Å². The number of hydrogen-bond donors (Lipinski definition) is 2. The van der Waals surface area contributed by atoms with Crippen molar-refractivity contribution in [1.82, 2.24) is 20.4 Å². The molecule has 12 heteroatoms. The van der Waals surface area contributed by atoms with Crippen LogP contribution in [-0.4, -0.2) is 57.5 Å². The van der Waals surface area contributed by atoms with Crippen LogP contribution in [0.25, 0.3) is 0 Å². The van der Waals surface area contributed by atoms with Gasteiger partial charge in [0, 0.05) is 19.2 Å². The first-order chi connectivity index (χ1) is 11.3. The van der Waals surface area contributed by atoms with Crippen LogP contribution in [0.1, 0.15) is 12.8 Å². The summed E-state index contributed by atoms with van der Waals surface area (Å²) >= 11 is 0.916. The normalized spacial score (nSPS) is 17.7. The molecule has 0 aliphatic carbocycles. The van der Waals surface area contributed by atoms with Gasteiger partial charge in [0.25, 0.3) is 5.22 Å². The predicted octanol–water partition coefficient (Wildman–Crippen LogP) is -0.432. The molecule has 0 fully saturated rings. The Hall–Kier alpha value is -2.76. The number of thioether (sulfide) groups is 1. The lowest BCUT2D eigenvalue weighted by molar-refractivity contribution is -0.129. The van der Waals surface area contributed by atoms with Gasteiger partial charge in [-0.1, -0.05) is 11.8 Å². The number of imide groups is 2. The Morgan fingerprint density at radius 1 is 1.38 bits per heavy atom. The molecular weight excluding hydrogens is 340 g/mol. The molecule has 2 rings (SSSR count). The highest BCUT2D eigenvalue weighted by Crippen LogP contribution is 2.21. The van der Waals surface area contributed by atoms with Gasteiger partial charge in [0.15, 0.2) is 0 Å². The third-order valence-electron chi connectivity index (χ3n) is 3.11. The molecule has 128 valence electrons. The summed E-state index contributed by atoms with van der Waals surface area (Å²) in [5.41, 5.74) is 5.19. The van der Waals surface area contributed by atoms with Gasteiger partial charge in [-0.3, -0.25) is 19.8 Å². The summed E-state index contributed by atoms with van der Waals surface area (Å²) in [6.07, 6.45) is 0.0901. The fourth-order valence-electron chi connectivity index (χ4n) is 1.90. The minimum atomic E-state index is -0.948. The maximum Gasteiger partial charge on any atom is 0.349 e. The minimum absolute atomic E-state index is 0.0901. The number of nitrogens with one attached hydrogen (secondary N) is 1. The average molecular weight is 354 g/mol. The van der Waals surface area contributed by atoms with Crippen molar-refractivity contribution in [1.29, 1.82) is 0 Å². The van der Waals surface area contributed by atoms with Crippen molar-refractivity contribution in [2.45, 2.75) is 18.6 Å². The molecule has 1 aromatic rings. The molecule has 1 atom stereocenters. The zero-order valence-corrected chi connectivity index (χ0v) is 13.6. The predicted molar refractivity (Wildman–Crippen MR) is 81.2 cm³/mol. The average Bonchev–Trinajstić information content (AvgIpc) is 2.94. The third kappa shape index (κ3) is 4.16. The van der Waals surface area contributed by atoms with Gasteiger partial charge >= 0.3 is 12.1 Å². The van der Waals surface area contributed by atoms with Crippen molar-refractivity contribution < 1.29 is 23.6 Å². The molecule has 0 spiro atoms. The first kappa shape index (κ1) is 17.6. The number of hydrogen-bond acceptors (Lipinski definition) is 8. The van der Waals surface area contributed by atoms with Crippen molar-refractivity contribution in [3.05, 3.63) is 5.89 Å². The number of amides is 6. The van der Waals surface area contributed by atoms with E-state index in [1.165, 1.54) is 7.05 Å². The second kappa shape index (κ2) is 7.21. The summed E-state index contributed by atoms with van der Waals surface area (Å²) in [5, 5.41) is 9.53. The van der Waals surface area contributed by atoms with E-state index >= 15 is 0 Å². The number of rotatable bonds is 5. The van der Waals surface area contributed by atoms with Gasteiger partial charge in [0.1, 0.15) is 0 Å². The van der Waals surface area contributed by atoms with Crippen molar-refractivity contribution in [3.8, 4) is 0 Å². The molecule has 0 aromatic carbocycles. The molecule has 3 N–H and O–H groups in total. The first-order valence-electron chi connectivity index (χ1n) is 6.69. The van der Waals surface area contributed by atoms with E-state index in [4.69, 9.17) is 10.2 Å². The van der Waals surface area contributed by atoms with E-state index < -0.39 is 29.8 Å². The van der Waals surface area contributed by atoms with Gasteiger partial charge in [-0.25, -0.2) is 14.6 Å². The molecule has 0 radical (unpaired) electrons. The number of aliphatic imine (C=N–C) groups is 1. The topological polar surface area (TPSA) is 161 Å². The summed E-state index contributed by atoms with van der Waals surface area (Å²) in [7, 11) is 1.35. The fourth-order valence-corrected chi connectivity index (χ4v) is 2.48. The molecule has 0 bridgehead atoms. The number of nitrogens with two attached hydrogens (primary N) is 1. The molecule has 1 aliphatic heterocycles. The first-order valence-corrected chi connectivity index (χ1v) is 7.67. The van der Waals surface area contributed by atoms with Crippen LogP contribution in [0, 0.1) is 5.92 Å². The van der Waals surface area contributed by atoms with Gasteiger partial charge in [-0.2, -0.15) is 0 Å². The Labute approximate surface area is 140 Å². The van der Waals surface area contributed by atoms with E-state index in [9.17, 15) is 19.2 Å². The summed E-state index contributed by atoms with van der Waals surface area (Å²) in [6, 6.07) is -1.56. The van der Waals surface area contributed by atoms with Crippen molar-refractivity contribution >= 4 is 41.4 Å². The maximum absolute atomic E-state index is 12.1. The van der Waals surface area contributed by atoms with E-state index in [0.29, 0.717) is 5.71 Å². The van der Waals surface area contributed by atoms with E-state index in [2.05, 4.69) is 15.2 Å². The minimum Gasteiger partial charge on any atom is -0.416 e. The highest BCUT2D eigenvalue weighted by Gasteiger charge is 2.34. The molecule has 0 saturated heterocycles. The molecule has 1 unspecified atom stereocenters. The maximum atomic E-state index is 12.1. The largest absolute Gasteiger partial charge is 0.416 e. The highest BCUT2D eigenvalue weighted by molar-refractivity contribution is 7.99. The molecule has 1 aliphatic rings. The van der Waals surface area contributed by atoms with Crippen LogP contribution < -0.4 is 11.1 Å². The molecule has 0 saturated carbocycles. The summed E-state index contributed by atoms with van der Waals surface area (Å²) in [5.74, 6) is -1.63. The van der Waals surface area contributed by atoms with Gasteiger partial charge in [0.2, 0.25) is 17.7 Å². The molecule has 11 nitrogen and oxygen atoms in total. The Balaban J connectivity index is 1.97. The highest BCUT2D eigenvalue weighted by atomic mass is 32.2. The zero-order chi connectivity index (χ0) is 17.9. The van der Waals surface area contributed by atoms with Gasteiger partial charge < -0.3 is 10.2 Å². The molecule has 6 amide bonds. The lowest BCUT2D eigenvalue weighted by atomic mass is 9.97. The lowest BCUT2D eigenvalue weighted by Gasteiger charge is -2.24. The van der Waals surface area contributed by atoms with E-state index in [1.807, 2.05) is 5.32 Å². The van der Waals surface area contributed by atoms with Crippen LogP contribution in [0.3, 0.4) is 0 Å². The Kier molecular flexibility index (Phi) is 5.28. The smallest absolute Gasteiger partial charge is 0.349 e. The van der Waals surface area contributed by atoms with Crippen molar-refractivity contribution in [3.63, 3.8) is 0 Å². The number of nitrogens with zero attached hydrogens (tertiary/aromatic N) is 4. The van der Waals surface area contributed by atoms with Crippen molar-refractivity contribution in [2.24, 2.45) is 16.6 Å². The molecule has 24 heavy (non-hydrogen) atoms. The third-order valence-corrected chi connectivity index (χ3v) is 3.93. The van der Waals surface area contributed by atoms with Crippen LogP contribution in [0.2, 0.25) is 0 Å². The SMILES string of the molecule is CC1=NC(=O)N(C)C(=O)C1Cc1nnc(SCC(=O)NC(N)=O)o1. The molecule has 1 aromatic heterocycles. The van der Waals surface area contributed by atoms with Gasteiger partial charge in [-0.05, 0) is 6.92 Å². The van der Waals surface area contributed by atoms with Crippen LogP contribution >= 0.6 is 11.8 Å². The van der Waals surface area contributed by atoms with Crippen molar-refractivity contribution in [2.75, 3.05) is 12.8 Å².